The number of amides is 5. The SMILES string of the molecule is NC(=O)CCC(NC(=O)C(CCC(N)=O)NC(=O)C(Cc1c[nH]c2ccccc12)NC(=O)C(N)Cc1cnc[nH]1)C(=O)O. The number of fused-ring (bicyclic) bond motifs is 1. The summed E-state index contributed by atoms with van der Waals surface area (Å²) in [6.45, 7) is 0. The van der Waals surface area contributed by atoms with Crippen LogP contribution in [0.1, 0.15) is 36.9 Å². The molecule has 0 aliphatic carbocycles. The number of nitrogens with zero attached hydrogens (tertiary/aromatic N) is 1. The predicted octanol–water partition coefficient (Wildman–Crippen LogP) is -1.93. The van der Waals surface area contributed by atoms with Crippen molar-refractivity contribution in [3.05, 3.63) is 54.2 Å². The maximum atomic E-state index is 13.6. The molecule has 1 aromatic carbocycles. The lowest BCUT2D eigenvalue weighted by Crippen LogP contribution is -2.58. The number of nitrogens with two attached hydrogens (primary N) is 3. The summed E-state index contributed by atoms with van der Waals surface area (Å²) < 4.78 is 0. The first-order chi connectivity index (χ1) is 20.4. The lowest BCUT2D eigenvalue weighted by molar-refractivity contribution is -0.142. The van der Waals surface area contributed by atoms with Gasteiger partial charge in [-0.1, -0.05) is 18.2 Å². The van der Waals surface area contributed by atoms with Crippen LogP contribution >= 0.6 is 0 Å². The number of aromatic nitrogens is 3. The third kappa shape index (κ3) is 9.67. The van der Waals surface area contributed by atoms with Gasteiger partial charge in [-0.2, -0.15) is 0 Å². The van der Waals surface area contributed by atoms with Crippen LogP contribution in [0.4, 0.5) is 0 Å². The van der Waals surface area contributed by atoms with Gasteiger partial charge in [0.2, 0.25) is 29.5 Å². The summed E-state index contributed by atoms with van der Waals surface area (Å²) in [7, 11) is 0. The lowest BCUT2D eigenvalue weighted by atomic mass is 10.0. The van der Waals surface area contributed by atoms with Gasteiger partial charge in [0.25, 0.3) is 0 Å². The summed E-state index contributed by atoms with van der Waals surface area (Å²) >= 11 is 0. The van der Waals surface area contributed by atoms with Crippen molar-refractivity contribution in [2.75, 3.05) is 0 Å². The van der Waals surface area contributed by atoms with E-state index < -0.39 is 59.7 Å². The predicted molar refractivity (Wildman–Crippen MR) is 153 cm³/mol. The van der Waals surface area contributed by atoms with Crippen molar-refractivity contribution >= 4 is 46.4 Å². The van der Waals surface area contributed by atoms with Crippen molar-refractivity contribution in [1.82, 2.24) is 30.9 Å². The van der Waals surface area contributed by atoms with Gasteiger partial charge in [0.1, 0.15) is 18.1 Å². The van der Waals surface area contributed by atoms with Gasteiger partial charge >= 0.3 is 5.97 Å². The molecule has 16 heteroatoms. The topological polar surface area (TPSA) is 281 Å². The smallest absolute Gasteiger partial charge is 0.326 e. The number of rotatable bonds is 17. The first-order valence-corrected chi connectivity index (χ1v) is 13.4. The molecular weight excluding hydrogens is 562 g/mol. The molecule has 230 valence electrons. The van der Waals surface area contributed by atoms with Crippen LogP contribution in [0.15, 0.2) is 43.0 Å². The summed E-state index contributed by atoms with van der Waals surface area (Å²) in [5.41, 5.74) is 18.5. The molecule has 0 bridgehead atoms. The number of imidazole rings is 1. The highest BCUT2D eigenvalue weighted by molar-refractivity contribution is 5.95. The first-order valence-electron chi connectivity index (χ1n) is 13.4. The van der Waals surface area contributed by atoms with Crippen LogP contribution in [-0.4, -0.2) is 79.7 Å². The van der Waals surface area contributed by atoms with Crippen molar-refractivity contribution in [3.63, 3.8) is 0 Å². The molecule has 43 heavy (non-hydrogen) atoms. The average molecular weight is 598 g/mol. The van der Waals surface area contributed by atoms with Crippen LogP contribution in [0.5, 0.6) is 0 Å². The van der Waals surface area contributed by atoms with E-state index in [2.05, 4.69) is 30.9 Å². The van der Waals surface area contributed by atoms with Gasteiger partial charge in [-0.25, -0.2) is 9.78 Å². The minimum Gasteiger partial charge on any atom is -0.480 e. The standard InChI is InChI=1S/C27H35N9O7/c28-17(10-15-12-31-13-33-15)24(39)36-21(9-14-11-32-18-4-2-1-3-16(14)18)26(41)34-19(5-7-22(29)37)25(40)35-20(27(42)43)6-8-23(30)38/h1-4,11-13,17,19-21,32H,5-10,28H2,(H2,29,37)(H2,30,38)(H,31,33)(H,34,41)(H,35,40)(H,36,39)(H,42,43). The van der Waals surface area contributed by atoms with E-state index in [0.717, 1.165) is 10.9 Å². The molecule has 16 nitrogen and oxygen atoms in total. The Morgan fingerprint density at radius 2 is 1.42 bits per heavy atom. The molecule has 0 aliphatic heterocycles. The molecule has 3 rings (SSSR count). The van der Waals surface area contributed by atoms with Crippen molar-refractivity contribution in [1.29, 1.82) is 0 Å². The zero-order valence-electron chi connectivity index (χ0n) is 23.2. The van der Waals surface area contributed by atoms with Crippen LogP contribution < -0.4 is 33.2 Å². The fourth-order valence-corrected chi connectivity index (χ4v) is 4.38. The lowest BCUT2D eigenvalue weighted by Gasteiger charge is -2.25. The number of carboxylic acids is 1. The number of carbonyl (C=O) groups is 6. The molecule has 4 atom stereocenters. The second-order valence-corrected chi connectivity index (χ2v) is 9.98. The van der Waals surface area contributed by atoms with Gasteiger partial charge in [-0.05, 0) is 24.5 Å². The molecule has 12 N–H and O–H groups in total. The number of carbonyl (C=O) groups excluding carboxylic acids is 5. The molecule has 3 aromatic rings. The molecule has 0 spiro atoms. The van der Waals surface area contributed by atoms with E-state index in [0.29, 0.717) is 11.3 Å². The number of primary amides is 2. The molecule has 0 saturated carbocycles. The fraction of sp³-hybridized carbons (Fsp3) is 0.370. The monoisotopic (exact) mass is 597 g/mol. The summed E-state index contributed by atoms with van der Waals surface area (Å²) in [4.78, 5) is 83.9. The molecule has 0 fully saturated rings. The van der Waals surface area contributed by atoms with Gasteiger partial charge in [-0.3, -0.25) is 24.0 Å². The molecule has 0 saturated heterocycles. The molecule has 4 unspecified atom stereocenters. The number of aromatic amines is 2. The Labute approximate surface area is 245 Å². The molecular formula is C27H35N9O7. The minimum atomic E-state index is -1.49. The van der Waals surface area contributed by atoms with Gasteiger partial charge in [0.05, 0.1) is 12.4 Å². The number of carboxylic acid groups (broad SMARTS) is 1. The van der Waals surface area contributed by atoms with Gasteiger partial charge in [0.15, 0.2) is 0 Å². The van der Waals surface area contributed by atoms with Crippen molar-refractivity contribution in [3.8, 4) is 0 Å². The van der Waals surface area contributed by atoms with Crippen LogP contribution in [0.3, 0.4) is 0 Å². The van der Waals surface area contributed by atoms with Gasteiger partial charge in [0, 0.05) is 54.7 Å². The van der Waals surface area contributed by atoms with E-state index in [1.807, 2.05) is 24.3 Å². The zero-order valence-corrected chi connectivity index (χ0v) is 23.2. The quantitative estimate of drug-likeness (QED) is 0.0836. The first kappa shape index (κ1) is 32.3. The third-order valence-electron chi connectivity index (χ3n) is 6.67. The Bertz CT molecular complexity index is 1450. The van der Waals surface area contributed by atoms with Gasteiger partial charge in [-0.15, -0.1) is 0 Å². The Kier molecular flexibility index (Phi) is 11.3. The van der Waals surface area contributed by atoms with Gasteiger partial charge < -0.3 is 48.2 Å². The molecule has 0 aliphatic rings. The summed E-state index contributed by atoms with van der Waals surface area (Å²) in [5, 5.41) is 17.7. The van der Waals surface area contributed by atoms with E-state index in [-0.39, 0.29) is 38.5 Å². The van der Waals surface area contributed by atoms with Crippen LogP contribution in [0, 0.1) is 0 Å². The van der Waals surface area contributed by atoms with E-state index in [9.17, 15) is 33.9 Å². The zero-order chi connectivity index (χ0) is 31.5. The molecule has 5 amide bonds. The normalized spacial score (nSPS) is 13.8. The number of nitrogens with one attached hydrogen (secondary N) is 5. The maximum absolute atomic E-state index is 13.6. The van der Waals surface area contributed by atoms with Crippen LogP contribution in [-0.2, 0) is 41.6 Å². The van der Waals surface area contributed by atoms with E-state index in [1.165, 1.54) is 12.5 Å². The van der Waals surface area contributed by atoms with Crippen molar-refractivity contribution in [2.45, 2.75) is 62.7 Å². The summed E-state index contributed by atoms with van der Waals surface area (Å²) in [6.07, 6.45) is 3.57. The number of aliphatic carboxylic acids is 1. The Morgan fingerprint density at radius 3 is 2.05 bits per heavy atom. The van der Waals surface area contributed by atoms with E-state index >= 15 is 0 Å². The summed E-state index contributed by atoms with van der Waals surface area (Å²) in [5.74, 6) is -5.32. The highest BCUT2D eigenvalue weighted by Gasteiger charge is 2.31. The highest BCUT2D eigenvalue weighted by atomic mass is 16.4. The molecule has 2 aromatic heterocycles. The Morgan fingerprint density at radius 1 is 0.814 bits per heavy atom. The van der Waals surface area contributed by atoms with Crippen molar-refractivity contribution in [2.24, 2.45) is 17.2 Å². The average Bonchev–Trinajstić information content (AvgIpc) is 3.62. The van der Waals surface area contributed by atoms with Crippen molar-refractivity contribution < 1.29 is 33.9 Å². The number of para-hydroxylation sites is 1. The largest absolute Gasteiger partial charge is 0.480 e. The highest BCUT2D eigenvalue weighted by Crippen LogP contribution is 2.19. The van der Waals surface area contributed by atoms with E-state index in [4.69, 9.17) is 17.2 Å². The number of H-pyrrole nitrogens is 2. The Hall–Kier alpha value is -5.25. The van der Waals surface area contributed by atoms with Crippen LogP contribution in [0.25, 0.3) is 10.9 Å². The molecule has 0 radical (unpaired) electrons. The fourth-order valence-electron chi connectivity index (χ4n) is 4.38. The Balaban J connectivity index is 1.83. The van der Waals surface area contributed by atoms with E-state index in [1.54, 1.807) is 6.20 Å². The number of hydrogen-bond acceptors (Lipinski definition) is 8. The van der Waals surface area contributed by atoms with Crippen LogP contribution in [0.2, 0.25) is 0 Å². The number of benzene rings is 1. The third-order valence-corrected chi connectivity index (χ3v) is 6.67. The second kappa shape index (κ2) is 15.1. The maximum Gasteiger partial charge on any atom is 0.326 e. The number of hydrogen-bond donors (Lipinski definition) is 9. The molecule has 2 heterocycles. The second-order valence-electron chi connectivity index (χ2n) is 9.98. The minimum absolute atomic E-state index is 0.00111. The summed E-state index contributed by atoms with van der Waals surface area (Å²) in [6, 6.07) is 2.15.